The van der Waals surface area contributed by atoms with Gasteiger partial charge in [-0.15, -0.1) is 0 Å². The van der Waals surface area contributed by atoms with Gasteiger partial charge in [-0.05, 0) is 7.05 Å². The minimum Gasteiger partial charge on any atom is -0.363 e. The summed E-state index contributed by atoms with van der Waals surface area (Å²) in [6, 6.07) is 0. The monoisotopic (exact) mass is 236 g/mol. The number of hydrogen-bond donors (Lipinski definition) is 1. The van der Waals surface area contributed by atoms with E-state index in [9.17, 15) is 4.79 Å². The largest absolute Gasteiger partial charge is 0.363 e. The Hall–Kier alpha value is -1.40. The Balaban J connectivity index is 1.85. The normalized spacial score (nSPS) is 18.4. The van der Waals surface area contributed by atoms with E-state index in [1.54, 1.807) is 10.8 Å². The fraction of sp³-hybridized carbons (Fsp3) is 0.636. The number of carbonyl (C=O) groups excluding carboxylic acids is 1. The average molecular weight is 236 g/mol. The van der Waals surface area contributed by atoms with Crippen molar-refractivity contribution in [3.05, 3.63) is 18.2 Å². The second-order valence-electron chi connectivity index (χ2n) is 4.40. The minimum atomic E-state index is -0.496. The number of imidazole rings is 1. The lowest BCUT2D eigenvalue weighted by Crippen LogP contribution is -2.45. The molecule has 0 aliphatic carbocycles. The first-order valence-corrected chi connectivity index (χ1v) is 5.81. The summed E-state index contributed by atoms with van der Waals surface area (Å²) < 4.78 is 1.76. The molecule has 17 heavy (non-hydrogen) atoms. The van der Waals surface area contributed by atoms with Crippen LogP contribution in [0.1, 0.15) is 10.6 Å². The van der Waals surface area contributed by atoms with Crippen LogP contribution in [0.4, 0.5) is 0 Å². The molecular formula is C11H18N5O. The fourth-order valence-corrected chi connectivity index (χ4v) is 1.97. The van der Waals surface area contributed by atoms with Crippen molar-refractivity contribution in [2.24, 2.45) is 5.73 Å². The molecule has 1 fully saturated rings. The molecule has 0 spiro atoms. The third-order valence-corrected chi connectivity index (χ3v) is 3.13. The van der Waals surface area contributed by atoms with Gasteiger partial charge in [-0.2, -0.15) is 0 Å². The highest BCUT2D eigenvalue weighted by Crippen LogP contribution is 2.01. The first-order valence-electron chi connectivity index (χ1n) is 5.81. The van der Waals surface area contributed by atoms with Gasteiger partial charge < -0.3 is 15.2 Å². The molecule has 6 nitrogen and oxygen atoms in total. The van der Waals surface area contributed by atoms with Crippen molar-refractivity contribution in [1.82, 2.24) is 19.4 Å². The predicted molar refractivity (Wildman–Crippen MR) is 63.5 cm³/mol. The van der Waals surface area contributed by atoms with Crippen molar-refractivity contribution in [1.29, 1.82) is 0 Å². The van der Waals surface area contributed by atoms with Gasteiger partial charge in [-0.3, -0.25) is 9.69 Å². The maximum Gasteiger partial charge on any atom is 0.284 e. The van der Waals surface area contributed by atoms with Crippen LogP contribution in [0.5, 0.6) is 0 Å². The summed E-state index contributed by atoms with van der Waals surface area (Å²) in [5, 5.41) is 0. The van der Waals surface area contributed by atoms with Gasteiger partial charge in [0.25, 0.3) is 5.91 Å². The number of likely N-dealkylation sites (N-methyl/N-ethyl adjacent to an activating group) is 1. The van der Waals surface area contributed by atoms with E-state index >= 15 is 0 Å². The summed E-state index contributed by atoms with van der Waals surface area (Å²) in [7, 11) is 2.13. The molecule has 0 unspecified atom stereocenters. The van der Waals surface area contributed by atoms with E-state index in [2.05, 4.69) is 28.0 Å². The number of hydrogen-bond acceptors (Lipinski definition) is 4. The smallest absolute Gasteiger partial charge is 0.284 e. The SMILES string of the molecule is CN1CCN(CCn2c[c]nc2C(N)=O)CC1. The van der Waals surface area contributed by atoms with Crippen LogP contribution in [0.3, 0.4) is 0 Å². The zero-order valence-corrected chi connectivity index (χ0v) is 10.1. The standard InChI is InChI=1S/C11H18N5O/c1-14-4-6-15(7-5-14)8-9-16-3-2-13-11(16)10(12)17/h3H,4-9H2,1H3,(H2,12,17). The van der Waals surface area contributed by atoms with Crippen molar-refractivity contribution in [3.63, 3.8) is 0 Å². The maximum atomic E-state index is 11.1. The summed E-state index contributed by atoms with van der Waals surface area (Å²) >= 11 is 0. The zero-order chi connectivity index (χ0) is 12.3. The van der Waals surface area contributed by atoms with Crippen LogP contribution in [0.2, 0.25) is 0 Å². The summed E-state index contributed by atoms with van der Waals surface area (Å²) in [5.74, 6) is -0.205. The number of nitrogens with two attached hydrogens (primary N) is 1. The van der Waals surface area contributed by atoms with E-state index in [0.717, 1.165) is 39.3 Å². The lowest BCUT2D eigenvalue weighted by Gasteiger charge is -2.32. The van der Waals surface area contributed by atoms with E-state index in [-0.39, 0.29) is 0 Å². The van der Waals surface area contributed by atoms with Crippen LogP contribution in [-0.2, 0) is 6.54 Å². The van der Waals surface area contributed by atoms with Gasteiger partial charge in [0.15, 0.2) is 5.82 Å². The zero-order valence-electron chi connectivity index (χ0n) is 10.1. The quantitative estimate of drug-likeness (QED) is 0.730. The van der Waals surface area contributed by atoms with Gasteiger partial charge in [0.1, 0.15) is 6.20 Å². The molecule has 1 aromatic rings. The molecule has 0 saturated carbocycles. The van der Waals surface area contributed by atoms with Gasteiger partial charge in [0.2, 0.25) is 0 Å². The van der Waals surface area contributed by atoms with Crippen LogP contribution in [0.15, 0.2) is 6.20 Å². The molecule has 6 heteroatoms. The van der Waals surface area contributed by atoms with Crippen LogP contribution in [0.25, 0.3) is 0 Å². The summed E-state index contributed by atoms with van der Waals surface area (Å²) in [5.41, 5.74) is 5.22. The molecule has 1 aromatic heterocycles. The van der Waals surface area contributed by atoms with E-state index in [4.69, 9.17) is 5.73 Å². The van der Waals surface area contributed by atoms with Crippen molar-refractivity contribution >= 4 is 5.91 Å². The molecule has 0 bridgehead atoms. The molecule has 2 N–H and O–H groups in total. The number of piperazine rings is 1. The topological polar surface area (TPSA) is 67.4 Å². The van der Waals surface area contributed by atoms with E-state index in [0.29, 0.717) is 5.82 Å². The highest BCUT2D eigenvalue weighted by molar-refractivity contribution is 5.89. The summed E-state index contributed by atoms with van der Waals surface area (Å²) in [4.78, 5) is 19.6. The van der Waals surface area contributed by atoms with Crippen molar-refractivity contribution in [2.75, 3.05) is 39.8 Å². The van der Waals surface area contributed by atoms with Crippen LogP contribution in [0, 0.1) is 6.20 Å². The molecule has 2 rings (SSSR count). The number of rotatable bonds is 4. The Kier molecular flexibility index (Phi) is 3.75. The molecule has 1 amide bonds. The van der Waals surface area contributed by atoms with E-state index < -0.39 is 5.91 Å². The Labute approximate surface area is 101 Å². The summed E-state index contributed by atoms with van der Waals surface area (Å²) in [6.07, 6.45) is 4.34. The van der Waals surface area contributed by atoms with Gasteiger partial charge in [0, 0.05) is 45.5 Å². The number of nitrogens with zero attached hydrogens (tertiary/aromatic N) is 4. The molecule has 0 atom stereocenters. The van der Waals surface area contributed by atoms with Gasteiger partial charge >= 0.3 is 0 Å². The molecule has 2 heterocycles. The third kappa shape index (κ3) is 3.04. The van der Waals surface area contributed by atoms with E-state index in [1.807, 2.05) is 0 Å². The van der Waals surface area contributed by atoms with Crippen LogP contribution in [-0.4, -0.2) is 65.0 Å². The molecule has 0 aromatic carbocycles. The molecular weight excluding hydrogens is 218 g/mol. The van der Waals surface area contributed by atoms with Crippen molar-refractivity contribution < 1.29 is 4.79 Å². The Morgan fingerprint density at radius 1 is 1.41 bits per heavy atom. The number of aromatic nitrogens is 2. The summed E-state index contributed by atoms with van der Waals surface area (Å²) in [6.45, 7) is 5.98. The van der Waals surface area contributed by atoms with Crippen LogP contribution >= 0.6 is 0 Å². The van der Waals surface area contributed by atoms with Gasteiger partial charge in [-0.1, -0.05) is 0 Å². The Bertz CT molecular complexity index is 381. The average Bonchev–Trinajstić information content (AvgIpc) is 2.76. The van der Waals surface area contributed by atoms with Gasteiger partial charge in [0.05, 0.1) is 0 Å². The number of carbonyl (C=O) groups is 1. The molecule has 1 radical (unpaired) electrons. The first kappa shape index (κ1) is 12.1. The molecule has 1 aliphatic rings. The highest BCUT2D eigenvalue weighted by atomic mass is 16.1. The van der Waals surface area contributed by atoms with Crippen molar-refractivity contribution in [2.45, 2.75) is 6.54 Å². The highest BCUT2D eigenvalue weighted by Gasteiger charge is 2.14. The molecule has 1 saturated heterocycles. The van der Waals surface area contributed by atoms with Gasteiger partial charge in [-0.25, -0.2) is 4.98 Å². The second-order valence-corrected chi connectivity index (χ2v) is 4.40. The first-order chi connectivity index (χ1) is 8.16. The number of primary amides is 1. The number of amides is 1. The van der Waals surface area contributed by atoms with Crippen molar-refractivity contribution in [3.8, 4) is 0 Å². The Morgan fingerprint density at radius 2 is 2.12 bits per heavy atom. The third-order valence-electron chi connectivity index (χ3n) is 3.13. The maximum absolute atomic E-state index is 11.1. The Morgan fingerprint density at radius 3 is 2.76 bits per heavy atom. The fourth-order valence-electron chi connectivity index (χ4n) is 1.97. The lowest BCUT2D eigenvalue weighted by molar-refractivity contribution is 0.0983. The predicted octanol–water partition coefficient (Wildman–Crippen LogP) is -0.970. The lowest BCUT2D eigenvalue weighted by atomic mass is 10.3. The second kappa shape index (κ2) is 5.29. The van der Waals surface area contributed by atoms with Crippen LogP contribution < -0.4 is 5.73 Å². The molecule has 93 valence electrons. The molecule has 1 aliphatic heterocycles. The van der Waals surface area contributed by atoms with E-state index in [1.165, 1.54) is 0 Å². The minimum absolute atomic E-state index is 0.291.